The van der Waals surface area contributed by atoms with Gasteiger partial charge in [0, 0.05) is 18.9 Å². The number of allylic oxidation sites excluding steroid dienone is 2. The van der Waals surface area contributed by atoms with Crippen LogP contribution in [0.4, 0.5) is 0 Å². The Morgan fingerprint density at radius 3 is 1.89 bits per heavy atom. The zero-order valence-corrected chi connectivity index (χ0v) is 57.0. The molecule has 82 heavy (non-hydrogen) atoms. The summed E-state index contributed by atoms with van der Waals surface area (Å²) >= 11 is 0. The summed E-state index contributed by atoms with van der Waals surface area (Å²) in [6.45, 7) is 43.5. The van der Waals surface area contributed by atoms with Crippen LogP contribution in [0.3, 0.4) is 0 Å². The number of hydrogen-bond donors (Lipinski definition) is 1. The molecule has 0 radical (unpaired) electrons. The van der Waals surface area contributed by atoms with Crippen LogP contribution in [-0.4, -0.2) is 122 Å². The number of carboxylic acids is 1. The normalized spacial score (nSPS) is 46.8. The first-order chi connectivity index (χ1) is 38.5. The van der Waals surface area contributed by atoms with Gasteiger partial charge in [-0.1, -0.05) is 136 Å². The molecule has 470 valence electrons. The van der Waals surface area contributed by atoms with E-state index in [0.717, 1.165) is 74.8 Å². The number of aldehydes is 1. The molecule has 7 fully saturated rings. The second-order valence-corrected chi connectivity index (χ2v) is 39.8. The molecule has 0 bridgehead atoms. The molecule has 1 N–H and O–H groups in total. The quantitative estimate of drug-likeness (QED) is 0.0502. The van der Waals surface area contributed by atoms with E-state index in [9.17, 15) is 19.5 Å². The molecule has 3 aliphatic heterocycles. The van der Waals surface area contributed by atoms with Crippen LogP contribution in [0.2, 0.25) is 36.3 Å². The van der Waals surface area contributed by atoms with Crippen LogP contribution in [-0.2, 0) is 56.4 Å². The molecular formula is C67H116O13Si2. The maximum atomic E-state index is 14.5. The first-order valence-electron chi connectivity index (χ1n) is 33.1. The van der Waals surface area contributed by atoms with Gasteiger partial charge in [-0.25, -0.2) is 0 Å². The maximum absolute atomic E-state index is 14.5. The molecule has 15 heteroatoms. The number of carboxylic acid groups (broad SMARTS) is 1. The van der Waals surface area contributed by atoms with Crippen molar-refractivity contribution in [3.05, 3.63) is 11.6 Å². The van der Waals surface area contributed by atoms with Crippen LogP contribution in [0.1, 0.15) is 189 Å². The molecule has 0 aromatic carbocycles. The summed E-state index contributed by atoms with van der Waals surface area (Å²) in [7, 11) is -2.53. The van der Waals surface area contributed by atoms with Gasteiger partial charge < -0.3 is 51.9 Å². The molecule has 8 rings (SSSR count). The van der Waals surface area contributed by atoms with Crippen molar-refractivity contribution in [1.29, 1.82) is 0 Å². The topological polar surface area (TPSA) is 155 Å². The van der Waals surface area contributed by atoms with Crippen LogP contribution >= 0.6 is 0 Å². The summed E-state index contributed by atoms with van der Waals surface area (Å²) in [5, 5.41) is 11.2. The molecule has 3 saturated heterocycles. The summed E-state index contributed by atoms with van der Waals surface area (Å²) in [6, 6.07) is 5.99. The number of rotatable bonds is 21. The van der Waals surface area contributed by atoms with E-state index in [4.69, 9.17) is 42.0 Å². The van der Waals surface area contributed by atoms with Gasteiger partial charge in [-0.2, -0.15) is 0 Å². The number of methoxy groups -OCH3 is 1. The molecule has 11 unspecified atom stereocenters. The zero-order valence-electron chi connectivity index (χ0n) is 55.0. The summed E-state index contributed by atoms with van der Waals surface area (Å²) < 4.78 is 64.7. The monoisotopic (exact) mass is 1180 g/mol. The average molecular weight is 1190 g/mol. The molecule has 4 saturated carbocycles. The van der Waals surface area contributed by atoms with E-state index in [1.807, 2.05) is 6.92 Å². The number of Topliss-reactive ketones (excluding diaryl/α,β-unsaturated/α-hetero) is 1. The first kappa shape index (κ1) is 66.6. The van der Waals surface area contributed by atoms with E-state index >= 15 is 0 Å². The molecule has 24 atom stereocenters. The summed E-state index contributed by atoms with van der Waals surface area (Å²) in [5.74, 6) is -0.386. The van der Waals surface area contributed by atoms with Gasteiger partial charge in [0.15, 0.2) is 41.3 Å². The number of carbonyl (C=O) groups excluding carboxylic acids is 2. The van der Waals surface area contributed by atoms with Gasteiger partial charge in [0.05, 0.1) is 49.1 Å². The lowest BCUT2D eigenvalue weighted by Crippen LogP contribution is -2.68. The molecule has 3 heterocycles. The second kappa shape index (κ2) is 24.9. The molecule has 13 nitrogen and oxygen atoms in total. The molecule has 0 amide bonds. The Labute approximate surface area is 498 Å². The van der Waals surface area contributed by atoms with Crippen LogP contribution in [0.25, 0.3) is 0 Å². The predicted octanol–water partition coefficient (Wildman–Crippen LogP) is 14.5. The number of ether oxygens (including phenoxy) is 7. The van der Waals surface area contributed by atoms with Gasteiger partial charge in [0.25, 0.3) is 0 Å². The van der Waals surface area contributed by atoms with Gasteiger partial charge >= 0.3 is 5.97 Å². The smallest absolute Gasteiger partial charge is 0.312 e. The Kier molecular flexibility index (Phi) is 20.2. The highest BCUT2D eigenvalue weighted by Gasteiger charge is 2.72. The van der Waals surface area contributed by atoms with Crippen LogP contribution < -0.4 is 0 Å². The highest BCUT2D eigenvalue weighted by atomic mass is 28.4. The van der Waals surface area contributed by atoms with Crippen molar-refractivity contribution in [2.75, 3.05) is 20.3 Å². The number of ketones is 1. The highest BCUT2D eigenvalue weighted by molar-refractivity contribution is 6.74. The lowest BCUT2D eigenvalue weighted by molar-refractivity contribution is -0.377. The van der Waals surface area contributed by atoms with Gasteiger partial charge in [0.2, 0.25) is 0 Å². The Bertz CT molecular complexity index is 2250. The zero-order chi connectivity index (χ0) is 60.5. The largest absolute Gasteiger partial charge is 0.481 e. The van der Waals surface area contributed by atoms with E-state index in [0.29, 0.717) is 44.3 Å². The lowest BCUT2D eigenvalue weighted by atomic mass is 9.33. The summed E-state index contributed by atoms with van der Waals surface area (Å²) in [4.78, 5) is 42.2. The van der Waals surface area contributed by atoms with E-state index in [1.54, 1.807) is 14.0 Å². The van der Waals surface area contributed by atoms with E-state index in [-0.39, 0.29) is 69.1 Å². The second-order valence-electron chi connectivity index (χ2n) is 30.3. The Hall–Kier alpha value is -1.38. The molecule has 5 aliphatic carbocycles. The molecule has 0 aromatic rings. The average Bonchev–Trinajstić information content (AvgIpc) is 3.64. The third-order valence-electron chi connectivity index (χ3n) is 26.4. The Morgan fingerprint density at radius 2 is 1.30 bits per heavy atom. The van der Waals surface area contributed by atoms with E-state index in [2.05, 4.69) is 124 Å². The molecule has 0 aromatic heterocycles. The van der Waals surface area contributed by atoms with Crippen molar-refractivity contribution in [2.45, 2.75) is 287 Å². The fourth-order valence-electron chi connectivity index (χ4n) is 19.2. The number of hydrogen-bond acceptors (Lipinski definition) is 12. The molecular weight excluding hydrogens is 1070 g/mol. The Morgan fingerprint density at radius 1 is 0.683 bits per heavy atom. The minimum Gasteiger partial charge on any atom is -0.481 e. The minimum atomic E-state index is -2.26. The fraction of sp³-hybridized carbons (Fsp3) is 0.925. The third kappa shape index (κ3) is 11.1. The third-order valence-corrected chi connectivity index (χ3v) is 35.7. The standard InChI is InChI=1S/C67H116O13Si2/c1-21-81(22-2,23-3)74-38-49-42(9)43(10)56(80-82(24-4,25-5)26-6)59(75-49)79-57-55(78-58-44(11)41(8)40(7)37-73-58)45(12)54(46(13)69)77-60(57)76-52-30-31-63(16)50(64(52,17)39-68)29-32-65(18)51(63)28-27-47-48-35-62(14,15)33-34-67(48,61(70)71)53(72-20)36-66(47,65)19/h27,39-45,48-60H,21-26,28-38H2,1-20H3,(H,70,71)/t40-,41-,42-,43+,44?,45-,48?,49?,50-,51?,52+,53+,54?,55+,56?,57?,58+,59+,60-,63?,64?,65?,66?,67-/m1/s1. The highest BCUT2D eigenvalue weighted by Crippen LogP contribution is 2.76. The van der Waals surface area contributed by atoms with Crippen molar-refractivity contribution in [3.8, 4) is 0 Å². The van der Waals surface area contributed by atoms with Crippen molar-refractivity contribution < 1.29 is 61.5 Å². The number of carbonyl (C=O) groups is 3. The van der Waals surface area contributed by atoms with Crippen LogP contribution in [0.5, 0.6) is 0 Å². The van der Waals surface area contributed by atoms with Gasteiger partial charge in [0.1, 0.15) is 23.9 Å². The predicted molar refractivity (Wildman–Crippen MR) is 326 cm³/mol. The first-order valence-corrected chi connectivity index (χ1v) is 38.2. The van der Waals surface area contributed by atoms with Crippen molar-refractivity contribution in [3.63, 3.8) is 0 Å². The van der Waals surface area contributed by atoms with Crippen LogP contribution in [0, 0.1) is 85.8 Å². The molecule has 8 aliphatic rings. The number of aliphatic carboxylic acids is 1. The van der Waals surface area contributed by atoms with Crippen molar-refractivity contribution in [1.82, 2.24) is 0 Å². The maximum Gasteiger partial charge on any atom is 0.312 e. The minimum absolute atomic E-state index is 0.0126. The number of fused-ring (bicyclic) bond motifs is 7. The van der Waals surface area contributed by atoms with Crippen molar-refractivity contribution in [2.24, 2.45) is 85.8 Å². The molecule has 0 spiro atoms. The summed E-state index contributed by atoms with van der Waals surface area (Å²) in [6.07, 6.45) is 3.81. The fourth-order valence-corrected chi connectivity index (χ4v) is 24.8. The van der Waals surface area contributed by atoms with E-state index in [1.165, 1.54) is 11.9 Å². The summed E-state index contributed by atoms with van der Waals surface area (Å²) in [5.41, 5.74) is -1.31. The van der Waals surface area contributed by atoms with Gasteiger partial charge in [-0.3, -0.25) is 9.59 Å². The van der Waals surface area contributed by atoms with E-state index < -0.39 is 94.8 Å². The van der Waals surface area contributed by atoms with Crippen molar-refractivity contribution >= 4 is 34.7 Å². The van der Waals surface area contributed by atoms with Gasteiger partial charge in [-0.15, -0.1) is 0 Å². The Balaban J connectivity index is 1.18. The van der Waals surface area contributed by atoms with Gasteiger partial charge in [-0.05, 0) is 164 Å². The van der Waals surface area contributed by atoms with Crippen LogP contribution in [0.15, 0.2) is 11.6 Å². The lowest BCUT2D eigenvalue weighted by Gasteiger charge is -2.71. The SMILES string of the molecule is CC[Si](CC)(CC)OCC1O[C@@H](OC2[C@H](O[C@H]3CCC4(C)C5CC=C6C7CC(C)(C)CC[C@]7(C(=O)O)[C@@H](OC)CC6(C)C5(C)CC[C@H]4C3(C)C=O)OC(C(C)=O)[C@@H](C)[C@@H]2O[C@@H]2OC[C@@H](C)[C@@H](C)C2C)C(O[Si](CC)(CC)CC)[C@@H](C)[C@H]1C.